The normalized spacial score (nSPS) is 17.6. The molecule has 2 aromatic heterocycles. The van der Waals surface area contributed by atoms with Gasteiger partial charge in [0.1, 0.15) is 5.82 Å². The van der Waals surface area contributed by atoms with Crippen LogP contribution in [0.3, 0.4) is 0 Å². The van der Waals surface area contributed by atoms with E-state index in [1.165, 1.54) is 16.6 Å². The lowest BCUT2D eigenvalue weighted by Gasteiger charge is -2.37. The quantitative estimate of drug-likeness (QED) is 0.665. The summed E-state index contributed by atoms with van der Waals surface area (Å²) in [6.07, 6.45) is 1.92. The number of pyridine rings is 1. The van der Waals surface area contributed by atoms with Crippen molar-refractivity contribution in [2.24, 2.45) is 0 Å². The van der Waals surface area contributed by atoms with E-state index in [2.05, 4.69) is 68.8 Å². The Kier molecular flexibility index (Phi) is 5.12. The molecule has 0 amide bonds. The lowest BCUT2D eigenvalue weighted by molar-refractivity contribution is 0.122. The second kappa shape index (κ2) is 8.07. The van der Waals surface area contributed by atoms with Crippen LogP contribution in [0.2, 0.25) is 0 Å². The van der Waals surface area contributed by atoms with Crippen molar-refractivity contribution in [3.63, 3.8) is 0 Å². The fourth-order valence-electron chi connectivity index (χ4n) is 4.30. The Labute approximate surface area is 177 Å². The lowest BCUT2D eigenvalue weighted by Crippen LogP contribution is -2.47. The van der Waals surface area contributed by atoms with Crippen molar-refractivity contribution in [2.75, 3.05) is 67.2 Å². The number of ether oxygens (including phenoxy) is 1. The maximum Gasteiger partial charge on any atom is 0.227 e. The topological polar surface area (TPSA) is 57.6 Å². The molecule has 0 spiro atoms. The fraction of sp³-hybridized carbons (Fsp3) is 0.435. The van der Waals surface area contributed by atoms with E-state index in [0.717, 1.165) is 75.5 Å². The van der Waals surface area contributed by atoms with Crippen molar-refractivity contribution >= 4 is 28.4 Å². The van der Waals surface area contributed by atoms with E-state index in [4.69, 9.17) is 9.72 Å². The number of hydrogen-bond donors (Lipinski definition) is 0. The first kappa shape index (κ1) is 19.1. The van der Waals surface area contributed by atoms with E-state index >= 15 is 0 Å². The van der Waals surface area contributed by atoms with Crippen LogP contribution >= 0.6 is 0 Å². The van der Waals surface area contributed by atoms with Crippen LogP contribution in [0.5, 0.6) is 0 Å². The van der Waals surface area contributed by atoms with Gasteiger partial charge in [0.25, 0.3) is 0 Å². The Bertz CT molecular complexity index is 1040. The van der Waals surface area contributed by atoms with Crippen LogP contribution in [0.4, 0.5) is 17.5 Å². The van der Waals surface area contributed by atoms with Gasteiger partial charge in [-0.2, -0.15) is 4.98 Å². The summed E-state index contributed by atoms with van der Waals surface area (Å²) in [4.78, 5) is 21.2. The average Bonchev–Trinajstić information content (AvgIpc) is 2.79. The first-order valence-corrected chi connectivity index (χ1v) is 10.7. The number of aryl methyl sites for hydroxylation is 2. The van der Waals surface area contributed by atoms with Crippen LogP contribution in [0, 0.1) is 13.8 Å². The van der Waals surface area contributed by atoms with Gasteiger partial charge in [-0.25, -0.2) is 4.98 Å². The first-order valence-electron chi connectivity index (χ1n) is 10.7. The molecular formula is C23H28N6O. The molecule has 0 radical (unpaired) electrons. The maximum absolute atomic E-state index is 5.47. The average molecular weight is 405 g/mol. The second-order valence-electron chi connectivity index (χ2n) is 8.09. The number of fused-ring (bicyclic) bond motifs is 1. The van der Waals surface area contributed by atoms with Crippen LogP contribution in [0.1, 0.15) is 11.3 Å². The van der Waals surface area contributed by atoms with Crippen LogP contribution in [0.25, 0.3) is 10.9 Å². The number of benzene rings is 1. The summed E-state index contributed by atoms with van der Waals surface area (Å²) in [6.45, 7) is 11.2. The highest BCUT2D eigenvalue weighted by molar-refractivity contribution is 5.92. The summed E-state index contributed by atoms with van der Waals surface area (Å²) in [5, 5.41) is 1.23. The zero-order valence-corrected chi connectivity index (χ0v) is 17.7. The van der Waals surface area contributed by atoms with Crippen molar-refractivity contribution in [1.29, 1.82) is 0 Å². The van der Waals surface area contributed by atoms with Gasteiger partial charge < -0.3 is 19.4 Å². The van der Waals surface area contributed by atoms with Gasteiger partial charge in [0.05, 0.1) is 18.7 Å². The molecule has 0 atom stereocenters. The van der Waals surface area contributed by atoms with Crippen LogP contribution in [-0.4, -0.2) is 67.4 Å². The van der Waals surface area contributed by atoms with E-state index < -0.39 is 0 Å². The molecule has 1 aromatic carbocycles. The molecule has 2 aliphatic heterocycles. The third-order valence-corrected chi connectivity index (χ3v) is 5.94. The van der Waals surface area contributed by atoms with Crippen molar-refractivity contribution in [3.05, 3.63) is 47.8 Å². The molecule has 2 fully saturated rings. The van der Waals surface area contributed by atoms with Gasteiger partial charge in [-0.05, 0) is 31.5 Å². The van der Waals surface area contributed by atoms with Crippen molar-refractivity contribution in [3.8, 4) is 0 Å². The molecule has 0 unspecified atom stereocenters. The Balaban J connectivity index is 1.33. The largest absolute Gasteiger partial charge is 0.378 e. The SMILES string of the molecule is Cc1ccc2c(N3CCN(c4cc(C)nc(N5CCOCC5)n4)CC3)ccnc2c1. The summed E-state index contributed by atoms with van der Waals surface area (Å²) in [6, 6.07) is 10.8. The second-order valence-corrected chi connectivity index (χ2v) is 8.09. The van der Waals surface area contributed by atoms with Crippen molar-refractivity contribution in [2.45, 2.75) is 13.8 Å². The number of hydrogen-bond acceptors (Lipinski definition) is 7. The van der Waals surface area contributed by atoms with Crippen molar-refractivity contribution < 1.29 is 4.74 Å². The minimum atomic E-state index is 0.741. The summed E-state index contributed by atoms with van der Waals surface area (Å²) in [5.41, 5.74) is 4.59. The lowest BCUT2D eigenvalue weighted by atomic mass is 10.1. The van der Waals surface area contributed by atoms with E-state index in [1.54, 1.807) is 0 Å². The molecule has 4 heterocycles. The van der Waals surface area contributed by atoms with Gasteiger partial charge in [-0.15, -0.1) is 0 Å². The molecule has 30 heavy (non-hydrogen) atoms. The van der Waals surface area contributed by atoms with Crippen LogP contribution < -0.4 is 14.7 Å². The molecule has 5 rings (SSSR count). The summed E-state index contributed by atoms with van der Waals surface area (Å²) in [5.74, 6) is 1.85. The van der Waals surface area contributed by atoms with E-state index in [-0.39, 0.29) is 0 Å². The Morgan fingerprint density at radius 2 is 1.57 bits per heavy atom. The highest BCUT2D eigenvalue weighted by Gasteiger charge is 2.22. The molecule has 7 nitrogen and oxygen atoms in total. The van der Waals surface area contributed by atoms with Crippen molar-refractivity contribution in [1.82, 2.24) is 15.0 Å². The third-order valence-electron chi connectivity index (χ3n) is 5.94. The molecule has 0 aliphatic carbocycles. The predicted molar refractivity (Wildman–Crippen MR) is 121 cm³/mol. The number of piperazine rings is 1. The number of aromatic nitrogens is 3. The van der Waals surface area contributed by atoms with E-state index in [9.17, 15) is 0 Å². The maximum atomic E-state index is 5.47. The minimum Gasteiger partial charge on any atom is -0.378 e. The standard InChI is InChI=1S/C23H28N6O/c1-17-3-4-19-20(15-17)24-6-5-21(19)27-7-9-28(10-8-27)22-16-18(2)25-23(26-22)29-11-13-30-14-12-29/h3-6,15-16H,7-14H2,1-2H3. The minimum absolute atomic E-state index is 0.741. The summed E-state index contributed by atoms with van der Waals surface area (Å²) < 4.78 is 5.47. The zero-order chi connectivity index (χ0) is 20.5. The molecule has 7 heteroatoms. The third kappa shape index (κ3) is 3.77. The van der Waals surface area contributed by atoms with Crippen LogP contribution in [-0.2, 0) is 4.74 Å². The molecule has 2 aliphatic rings. The number of anilines is 3. The zero-order valence-electron chi connectivity index (χ0n) is 17.7. The van der Waals surface area contributed by atoms with Gasteiger partial charge in [0.15, 0.2) is 0 Å². The Hall–Kier alpha value is -2.93. The Morgan fingerprint density at radius 3 is 2.37 bits per heavy atom. The predicted octanol–water partition coefficient (Wildman–Crippen LogP) is 2.80. The number of nitrogens with zero attached hydrogens (tertiary/aromatic N) is 6. The summed E-state index contributed by atoms with van der Waals surface area (Å²) in [7, 11) is 0. The first-order chi connectivity index (χ1) is 14.7. The molecule has 3 aromatic rings. The monoisotopic (exact) mass is 404 g/mol. The molecule has 2 saturated heterocycles. The number of rotatable bonds is 3. The van der Waals surface area contributed by atoms with Gasteiger partial charge in [0, 0.05) is 68.3 Å². The molecule has 156 valence electrons. The molecule has 0 saturated carbocycles. The fourth-order valence-corrected chi connectivity index (χ4v) is 4.30. The highest BCUT2D eigenvalue weighted by atomic mass is 16.5. The number of morpholine rings is 1. The smallest absolute Gasteiger partial charge is 0.227 e. The Morgan fingerprint density at radius 1 is 0.800 bits per heavy atom. The molecular weight excluding hydrogens is 376 g/mol. The van der Waals surface area contributed by atoms with Gasteiger partial charge in [0.2, 0.25) is 5.95 Å². The molecule has 0 bridgehead atoms. The van der Waals surface area contributed by atoms with E-state index in [1.807, 2.05) is 6.20 Å². The van der Waals surface area contributed by atoms with Crippen LogP contribution in [0.15, 0.2) is 36.5 Å². The van der Waals surface area contributed by atoms with Gasteiger partial charge >= 0.3 is 0 Å². The van der Waals surface area contributed by atoms with E-state index in [0.29, 0.717) is 0 Å². The summed E-state index contributed by atoms with van der Waals surface area (Å²) >= 11 is 0. The molecule has 0 N–H and O–H groups in total. The van der Waals surface area contributed by atoms with Gasteiger partial charge in [-0.1, -0.05) is 12.1 Å². The highest BCUT2D eigenvalue weighted by Crippen LogP contribution is 2.28. The van der Waals surface area contributed by atoms with Gasteiger partial charge in [-0.3, -0.25) is 4.98 Å².